The van der Waals surface area contributed by atoms with Crippen molar-refractivity contribution in [1.29, 1.82) is 0 Å². The first-order valence-electron chi connectivity index (χ1n) is 6.79. The molecule has 114 valence electrons. The molecule has 1 fully saturated rings. The van der Waals surface area contributed by atoms with Crippen LogP contribution in [-0.2, 0) is 21.3 Å². The summed E-state index contributed by atoms with van der Waals surface area (Å²) in [6.07, 6.45) is 0.720. The SMILES string of the molecule is CC(C)NCc1ccc(S(=O)(=O)N(C)C2CCOC2)o1. The van der Waals surface area contributed by atoms with Gasteiger partial charge < -0.3 is 14.5 Å². The van der Waals surface area contributed by atoms with Gasteiger partial charge in [-0.05, 0) is 18.6 Å². The van der Waals surface area contributed by atoms with Crippen molar-refractivity contribution in [3.05, 3.63) is 17.9 Å². The van der Waals surface area contributed by atoms with Crippen LogP contribution < -0.4 is 5.32 Å². The highest BCUT2D eigenvalue weighted by molar-refractivity contribution is 7.89. The fourth-order valence-electron chi connectivity index (χ4n) is 2.04. The molecule has 20 heavy (non-hydrogen) atoms. The Morgan fingerprint density at radius 2 is 2.20 bits per heavy atom. The van der Waals surface area contributed by atoms with Crippen molar-refractivity contribution in [2.45, 2.75) is 44.0 Å². The minimum atomic E-state index is -3.58. The number of nitrogens with zero attached hydrogens (tertiary/aromatic N) is 1. The van der Waals surface area contributed by atoms with Crippen LogP contribution in [0.5, 0.6) is 0 Å². The maximum Gasteiger partial charge on any atom is 0.276 e. The van der Waals surface area contributed by atoms with Gasteiger partial charge in [0.1, 0.15) is 5.76 Å². The molecule has 6 nitrogen and oxygen atoms in total. The third-order valence-corrected chi connectivity index (χ3v) is 5.16. The molecule has 0 aromatic carbocycles. The molecule has 1 aliphatic heterocycles. The number of likely N-dealkylation sites (N-methyl/N-ethyl adjacent to an activating group) is 1. The second-order valence-electron chi connectivity index (χ2n) is 5.30. The Labute approximate surface area is 120 Å². The summed E-state index contributed by atoms with van der Waals surface area (Å²) in [5, 5.41) is 3.18. The van der Waals surface area contributed by atoms with Crippen molar-refractivity contribution in [2.75, 3.05) is 20.3 Å². The van der Waals surface area contributed by atoms with E-state index in [0.29, 0.717) is 31.6 Å². The van der Waals surface area contributed by atoms with Gasteiger partial charge in [-0.25, -0.2) is 8.42 Å². The van der Waals surface area contributed by atoms with E-state index < -0.39 is 10.0 Å². The van der Waals surface area contributed by atoms with Crippen LogP contribution >= 0.6 is 0 Å². The summed E-state index contributed by atoms with van der Waals surface area (Å²) in [5.74, 6) is 0.619. The molecule has 0 saturated carbocycles. The minimum Gasteiger partial charge on any atom is -0.447 e. The normalized spacial score (nSPS) is 20.1. The van der Waals surface area contributed by atoms with Gasteiger partial charge >= 0.3 is 0 Å². The zero-order valence-electron chi connectivity index (χ0n) is 12.1. The molecule has 1 unspecified atom stereocenters. The molecule has 0 bridgehead atoms. The van der Waals surface area contributed by atoms with Gasteiger partial charge in [0.05, 0.1) is 19.2 Å². The van der Waals surface area contributed by atoms with Crippen molar-refractivity contribution in [3.8, 4) is 0 Å². The molecule has 1 atom stereocenters. The molecule has 0 aliphatic carbocycles. The highest BCUT2D eigenvalue weighted by atomic mass is 32.2. The number of hydrogen-bond acceptors (Lipinski definition) is 5. The predicted octanol–water partition coefficient (Wildman–Crippen LogP) is 1.19. The Bertz CT molecular complexity index is 532. The van der Waals surface area contributed by atoms with Gasteiger partial charge in [0.2, 0.25) is 5.09 Å². The van der Waals surface area contributed by atoms with E-state index in [-0.39, 0.29) is 11.1 Å². The number of nitrogens with one attached hydrogen (secondary N) is 1. The molecule has 1 saturated heterocycles. The second kappa shape index (κ2) is 6.26. The smallest absolute Gasteiger partial charge is 0.276 e. The van der Waals surface area contributed by atoms with E-state index in [4.69, 9.17) is 9.15 Å². The molecule has 1 aromatic rings. The molecule has 1 N–H and O–H groups in total. The van der Waals surface area contributed by atoms with Gasteiger partial charge in [-0.1, -0.05) is 13.8 Å². The van der Waals surface area contributed by atoms with E-state index in [9.17, 15) is 8.42 Å². The largest absolute Gasteiger partial charge is 0.447 e. The van der Waals surface area contributed by atoms with Crippen LogP contribution in [-0.4, -0.2) is 45.1 Å². The van der Waals surface area contributed by atoms with Crippen molar-refractivity contribution in [3.63, 3.8) is 0 Å². The molecule has 1 aromatic heterocycles. The monoisotopic (exact) mass is 302 g/mol. The van der Waals surface area contributed by atoms with Crippen LogP contribution in [0.2, 0.25) is 0 Å². The number of furan rings is 1. The topological polar surface area (TPSA) is 71.8 Å². The average molecular weight is 302 g/mol. The fourth-order valence-corrected chi connectivity index (χ4v) is 3.34. The molecule has 2 heterocycles. The lowest BCUT2D eigenvalue weighted by Gasteiger charge is -2.20. The molecule has 0 radical (unpaired) electrons. The molecule has 0 spiro atoms. The van der Waals surface area contributed by atoms with Gasteiger partial charge in [0.15, 0.2) is 0 Å². The van der Waals surface area contributed by atoms with Gasteiger partial charge in [0.25, 0.3) is 10.0 Å². The van der Waals surface area contributed by atoms with Crippen LogP contribution in [0.1, 0.15) is 26.0 Å². The van der Waals surface area contributed by atoms with Gasteiger partial charge in [-0.3, -0.25) is 0 Å². The molecular formula is C13H22N2O4S. The van der Waals surface area contributed by atoms with Crippen LogP contribution in [0.4, 0.5) is 0 Å². The van der Waals surface area contributed by atoms with Crippen LogP contribution in [0, 0.1) is 0 Å². The Balaban J connectivity index is 2.09. The van der Waals surface area contributed by atoms with Gasteiger partial charge in [0, 0.05) is 19.7 Å². The van der Waals surface area contributed by atoms with Crippen molar-refractivity contribution in [2.24, 2.45) is 0 Å². The maximum atomic E-state index is 12.4. The van der Waals surface area contributed by atoms with Crippen LogP contribution in [0.3, 0.4) is 0 Å². The lowest BCUT2D eigenvalue weighted by Crippen LogP contribution is -2.37. The Morgan fingerprint density at radius 3 is 2.80 bits per heavy atom. The molecule has 7 heteroatoms. The van der Waals surface area contributed by atoms with Crippen molar-refractivity contribution in [1.82, 2.24) is 9.62 Å². The van der Waals surface area contributed by atoms with E-state index in [2.05, 4.69) is 5.32 Å². The second-order valence-corrected chi connectivity index (χ2v) is 7.22. The summed E-state index contributed by atoms with van der Waals surface area (Å²) < 4.78 is 36.9. The first kappa shape index (κ1) is 15.5. The van der Waals surface area contributed by atoms with E-state index >= 15 is 0 Å². The van der Waals surface area contributed by atoms with Crippen LogP contribution in [0.15, 0.2) is 21.6 Å². The van der Waals surface area contributed by atoms with Gasteiger partial charge in [-0.15, -0.1) is 0 Å². The summed E-state index contributed by atoms with van der Waals surface area (Å²) in [5.41, 5.74) is 0. The molecule has 1 aliphatic rings. The Hall–Kier alpha value is -0.890. The Morgan fingerprint density at radius 1 is 1.45 bits per heavy atom. The summed E-state index contributed by atoms with van der Waals surface area (Å²) in [7, 11) is -2.01. The Kier molecular flexibility index (Phi) is 4.85. The minimum absolute atomic E-state index is 0.00699. The quantitative estimate of drug-likeness (QED) is 0.854. The first-order chi connectivity index (χ1) is 9.41. The standard InChI is InChI=1S/C13H22N2O4S/c1-10(2)14-8-12-4-5-13(19-12)20(16,17)15(3)11-6-7-18-9-11/h4-5,10-11,14H,6-9H2,1-3H3. The van der Waals surface area contributed by atoms with Crippen molar-refractivity contribution < 1.29 is 17.6 Å². The highest BCUT2D eigenvalue weighted by Gasteiger charge is 2.32. The summed E-state index contributed by atoms with van der Waals surface area (Å²) in [6.45, 7) is 5.61. The van der Waals surface area contributed by atoms with Gasteiger partial charge in [-0.2, -0.15) is 4.31 Å². The van der Waals surface area contributed by atoms with Crippen molar-refractivity contribution >= 4 is 10.0 Å². The summed E-state index contributed by atoms with van der Waals surface area (Å²) >= 11 is 0. The molecule has 0 amide bonds. The zero-order valence-corrected chi connectivity index (χ0v) is 12.9. The van der Waals surface area contributed by atoms with E-state index in [0.717, 1.165) is 6.42 Å². The molecular weight excluding hydrogens is 280 g/mol. The third kappa shape index (κ3) is 3.41. The lowest BCUT2D eigenvalue weighted by atomic mass is 10.3. The number of hydrogen-bond donors (Lipinski definition) is 1. The highest BCUT2D eigenvalue weighted by Crippen LogP contribution is 2.22. The summed E-state index contributed by atoms with van der Waals surface area (Å²) in [4.78, 5) is 0. The lowest BCUT2D eigenvalue weighted by molar-refractivity contribution is 0.180. The number of ether oxygens (including phenoxy) is 1. The summed E-state index contributed by atoms with van der Waals surface area (Å²) in [6, 6.07) is 3.42. The third-order valence-electron chi connectivity index (χ3n) is 3.37. The van der Waals surface area contributed by atoms with E-state index in [1.807, 2.05) is 13.8 Å². The maximum absolute atomic E-state index is 12.4. The number of rotatable bonds is 6. The zero-order chi connectivity index (χ0) is 14.8. The predicted molar refractivity (Wildman–Crippen MR) is 74.9 cm³/mol. The fraction of sp³-hybridized carbons (Fsp3) is 0.692. The average Bonchev–Trinajstić information content (AvgIpc) is 3.06. The van der Waals surface area contributed by atoms with E-state index in [1.54, 1.807) is 13.1 Å². The van der Waals surface area contributed by atoms with E-state index in [1.165, 1.54) is 10.4 Å². The first-order valence-corrected chi connectivity index (χ1v) is 8.23. The number of sulfonamides is 1. The van der Waals surface area contributed by atoms with Crippen LogP contribution in [0.25, 0.3) is 0 Å². The molecule has 2 rings (SSSR count).